The van der Waals surface area contributed by atoms with Crippen LogP contribution in [-0.4, -0.2) is 15.9 Å². The first-order valence-electron chi connectivity index (χ1n) is 7.55. The number of para-hydroxylation sites is 1. The van der Waals surface area contributed by atoms with Crippen molar-refractivity contribution in [1.82, 2.24) is 9.97 Å². The average Bonchev–Trinajstić information content (AvgIpc) is 2.62. The van der Waals surface area contributed by atoms with Crippen LogP contribution in [0.3, 0.4) is 0 Å². The summed E-state index contributed by atoms with van der Waals surface area (Å²) in [4.78, 5) is 20.3. The zero-order valence-corrected chi connectivity index (χ0v) is 14.3. The van der Waals surface area contributed by atoms with Gasteiger partial charge in [0.25, 0.3) is 5.91 Å². The highest BCUT2D eigenvalue weighted by Gasteiger charge is 2.13. The summed E-state index contributed by atoms with van der Waals surface area (Å²) in [5, 5.41) is 5.62. The van der Waals surface area contributed by atoms with E-state index in [0.29, 0.717) is 10.7 Å². The first-order valence-corrected chi connectivity index (χ1v) is 7.93. The molecule has 2 N–H and O–H groups in total. The van der Waals surface area contributed by atoms with Crippen molar-refractivity contribution in [3.8, 4) is 0 Å². The summed E-state index contributed by atoms with van der Waals surface area (Å²) in [6, 6.07) is 9.93. The molecule has 26 heavy (non-hydrogen) atoms. The van der Waals surface area contributed by atoms with Gasteiger partial charge in [-0.3, -0.25) is 4.79 Å². The second kappa shape index (κ2) is 7.45. The lowest BCUT2D eigenvalue weighted by molar-refractivity contribution is 0.102. The van der Waals surface area contributed by atoms with Gasteiger partial charge in [-0.15, -0.1) is 0 Å². The topological polar surface area (TPSA) is 66.9 Å². The second-order valence-corrected chi connectivity index (χ2v) is 5.84. The third-order valence-corrected chi connectivity index (χ3v) is 3.77. The van der Waals surface area contributed by atoms with Crippen LogP contribution in [-0.2, 0) is 0 Å². The van der Waals surface area contributed by atoms with Crippen LogP contribution in [0.2, 0.25) is 5.02 Å². The summed E-state index contributed by atoms with van der Waals surface area (Å²) < 4.78 is 27.4. The monoisotopic (exact) mass is 374 g/mol. The highest BCUT2D eigenvalue weighted by molar-refractivity contribution is 6.31. The molecule has 0 aliphatic rings. The Bertz CT molecular complexity index is 961. The lowest BCUT2D eigenvalue weighted by Gasteiger charge is -2.10. The number of hydrogen-bond acceptors (Lipinski definition) is 4. The third kappa shape index (κ3) is 3.94. The van der Waals surface area contributed by atoms with E-state index in [9.17, 15) is 13.6 Å². The Morgan fingerprint density at radius 3 is 2.58 bits per heavy atom. The summed E-state index contributed by atoms with van der Waals surface area (Å²) in [7, 11) is 0. The first kappa shape index (κ1) is 17.8. The Morgan fingerprint density at radius 2 is 1.85 bits per heavy atom. The zero-order valence-electron chi connectivity index (χ0n) is 13.6. The molecular formula is C18H13ClF2N4O. The molecule has 8 heteroatoms. The summed E-state index contributed by atoms with van der Waals surface area (Å²) in [6.07, 6.45) is 1.31. The van der Waals surface area contributed by atoms with Crippen molar-refractivity contribution < 1.29 is 13.6 Å². The third-order valence-electron chi connectivity index (χ3n) is 3.54. The lowest BCUT2D eigenvalue weighted by Crippen LogP contribution is -2.15. The van der Waals surface area contributed by atoms with Crippen molar-refractivity contribution >= 4 is 34.8 Å². The largest absolute Gasteiger partial charge is 0.320 e. The minimum absolute atomic E-state index is 0.0265. The molecule has 0 aliphatic heterocycles. The van der Waals surface area contributed by atoms with E-state index in [1.54, 1.807) is 18.2 Å². The molecule has 0 radical (unpaired) electrons. The van der Waals surface area contributed by atoms with Crippen molar-refractivity contribution in [1.29, 1.82) is 0 Å². The molecule has 0 unspecified atom stereocenters. The van der Waals surface area contributed by atoms with E-state index >= 15 is 0 Å². The van der Waals surface area contributed by atoms with Crippen LogP contribution >= 0.6 is 11.6 Å². The number of halogens is 3. The van der Waals surface area contributed by atoms with Gasteiger partial charge in [-0.05, 0) is 42.8 Å². The fourth-order valence-electron chi connectivity index (χ4n) is 2.19. The minimum atomic E-state index is -0.794. The van der Waals surface area contributed by atoms with Crippen LogP contribution < -0.4 is 10.6 Å². The summed E-state index contributed by atoms with van der Waals surface area (Å²) in [5.74, 6) is -2.20. The van der Waals surface area contributed by atoms with E-state index in [4.69, 9.17) is 11.6 Å². The molecule has 1 amide bonds. The van der Waals surface area contributed by atoms with Gasteiger partial charge in [0, 0.05) is 16.9 Å². The maximum absolute atomic E-state index is 13.7. The van der Waals surface area contributed by atoms with Gasteiger partial charge >= 0.3 is 0 Å². The number of aryl methyl sites for hydroxylation is 1. The first-order chi connectivity index (χ1) is 12.4. The van der Waals surface area contributed by atoms with Gasteiger partial charge in [-0.2, -0.15) is 0 Å². The van der Waals surface area contributed by atoms with Gasteiger partial charge in [0.15, 0.2) is 0 Å². The van der Waals surface area contributed by atoms with E-state index < -0.39 is 23.2 Å². The Hall–Kier alpha value is -3.06. The number of hydrogen-bond donors (Lipinski definition) is 2. The van der Waals surface area contributed by atoms with Gasteiger partial charge in [0.2, 0.25) is 5.95 Å². The van der Waals surface area contributed by atoms with Crippen molar-refractivity contribution in [2.24, 2.45) is 0 Å². The number of nitrogens with zero attached hydrogens (tertiary/aromatic N) is 2. The number of rotatable bonds is 4. The number of amides is 1. The molecule has 0 atom stereocenters. The van der Waals surface area contributed by atoms with Crippen molar-refractivity contribution in [2.75, 3.05) is 10.6 Å². The predicted molar refractivity (Wildman–Crippen MR) is 95.8 cm³/mol. The molecule has 3 aromatic rings. The highest BCUT2D eigenvalue weighted by Crippen LogP contribution is 2.22. The van der Waals surface area contributed by atoms with Crippen LogP contribution in [0.1, 0.15) is 16.1 Å². The average molecular weight is 375 g/mol. The van der Waals surface area contributed by atoms with E-state index in [1.807, 2.05) is 6.92 Å². The number of carbonyl (C=O) groups is 1. The number of aromatic nitrogens is 2. The highest BCUT2D eigenvalue weighted by atomic mass is 35.5. The smallest absolute Gasteiger partial charge is 0.274 e. The molecule has 1 heterocycles. The Labute approximate surface area is 153 Å². The fraction of sp³-hybridized carbons (Fsp3) is 0.0556. The molecule has 0 bridgehead atoms. The molecule has 0 saturated heterocycles. The van der Waals surface area contributed by atoms with E-state index in [0.717, 1.165) is 17.7 Å². The summed E-state index contributed by atoms with van der Waals surface area (Å²) in [6.45, 7) is 1.82. The van der Waals surface area contributed by atoms with Gasteiger partial charge < -0.3 is 10.6 Å². The van der Waals surface area contributed by atoms with Crippen LogP contribution in [0.4, 0.5) is 26.1 Å². The fourth-order valence-corrected chi connectivity index (χ4v) is 2.36. The van der Waals surface area contributed by atoms with Crippen LogP contribution in [0, 0.1) is 18.6 Å². The van der Waals surface area contributed by atoms with Gasteiger partial charge in [-0.1, -0.05) is 23.7 Å². The lowest BCUT2D eigenvalue weighted by atomic mass is 10.2. The molecule has 1 aromatic heterocycles. The molecule has 0 saturated carbocycles. The Kier molecular flexibility index (Phi) is 5.09. The molecule has 5 nitrogen and oxygen atoms in total. The van der Waals surface area contributed by atoms with Crippen LogP contribution in [0.15, 0.2) is 48.7 Å². The molecule has 3 rings (SSSR count). The zero-order chi connectivity index (χ0) is 18.7. The van der Waals surface area contributed by atoms with E-state index in [-0.39, 0.29) is 11.6 Å². The Morgan fingerprint density at radius 1 is 1.12 bits per heavy atom. The molecule has 2 aromatic carbocycles. The minimum Gasteiger partial charge on any atom is -0.320 e. The van der Waals surface area contributed by atoms with Gasteiger partial charge in [-0.25, -0.2) is 18.7 Å². The molecular weight excluding hydrogens is 362 g/mol. The quantitative estimate of drug-likeness (QED) is 0.694. The number of carbonyl (C=O) groups excluding carboxylic acids is 1. The van der Waals surface area contributed by atoms with Crippen LogP contribution in [0.25, 0.3) is 0 Å². The summed E-state index contributed by atoms with van der Waals surface area (Å²) in [5.41, 5.74) is 0.994. The van der Waals surface area contributed by atoms with E-state index in [1.165, 1.54) is 18.3 Å². The normalized spacial score (nSPS) is 10.5. The second-order valence-electron chi connectivity index (χ2n) is 5.40. The number of nitrogens with one attached hydrogen (secondary N) is 2. The van der Waals surface area contributed by atoms with Crippen molar-refractivity contribution in [2.45, 2.75) is 6.92 Å². The van der Waals surface area contributed by atoms with Crippen molar-refractivity contribution in [3.05, 3.63) is 76.6 Å². The predicted octanol–water partition coefficient (Wildman–Crippen LogP) is 4.71. The molecule has 0 spiro atoms. The summed E-state index contributed by atoms with van der Waals surface area (Å²) >= 11 is 5.93. The van der Waals surface area contributed by atoms with Crippen LogP contribution in [0.5, 0.6) is 0 Å². The van der Waals surface area contributed by atoms with Gasteiger partial charge in [0.05, 0.1) is 0 Å². The molecule has 0 aliphatic carbocycles. The molecule has 132 valence electrons. The van der Waals surface area contributed by atoms with Gasteiger partial charge in [0.1, 0.15) is 23.0 Å². The molecule has 0 fully saturated rings. The maximum Gasteiger partial charge on any atom is 0.274 e. The maximum atomic E-state index is 13.7. The number of benzene rings is 2. The Balaban J connectivity index is 1.83. The van der Waals surface area contributed by atoms with E-state index in [2.05, 4.69) is 20.6 Å². The number of anilines is 3. The SMILES string of the molecule is Cc1ccc(Cl)cc1NC(=O)c1ccnc(Nc2c(F)cccc2F)n1. The standard InChI is InChI=1S/C18H13ClF2N4O/c1-10-5-6-11(19)9-15(10)23-17(26)14-7-8-22-18(24-14)25-16-12(20)3-2-4-13(16)21/h2-9H,1H3,(H,23,26)(H,22,24,25). The van der Waals surface area contributed by atoms with Crippen molar-refractivity contribution in [3.63, 3.8) is 0 Å².